The van der Waals surface area contributed by atoms with Gasteiger partial charge in [0.05, 0.1) is 12.2 Å². The summed E-state index contributed by atoms with van der Waals surface area (Å²) in [5.41, 5.74) is 1.90. The second kappa shape index (κ2) is 5.97. The van der Waals surface area contributed by atoms with Crippen molar-refractivity contribution in [1.29, 1.82) is 0 Å². The van der Waals surface area contributed by atoms with Gasteiger partial charge < -0.3 is 5.11 Å². The fourth-order valence-corrected chi connectivity index (χ4v) is 2.79. The van der Waals surface area contributed by atoms with E-state index in [-0.39, 0.29) is 6.04 Å². The van der Waals surface area contributed by atoms with Gasteiger partial charge >= 0.3 is 5.97 Å². The summed E-state index contributed by atoms with van der Waals surface area (Å²) in [5, 5.41) is 8.47. The summed E-state index contributed by atoms with van der Waals surface area (Å²) in [5.74, 6) is -1.53. The number of sulfonamides is 1. The molecule has 0 spiro atoms. The van der Waals surface area contributed by atoms with Crippen LogP contribution in [0, 0.1) is 6.92 Å². The second-order valence-electron chi connectivity index (χ2n) is 4.22. The van der Waals surface area contributed by atoms with Crippen molar-refractivity contribution in [3.05, 3.63) is 35.4 Å². The molecule has 0 aliphatic carbocycles. The summed E-state index contributed by atoms with van der Waals surface area (Å²) in [4.78, 5) is 10.4. The highest BCUT2D eigenvalue weighted by Gasteiger charge is 2.17. The van der Waals surface area contributed by atoms with Crippen LogP contribution in [-0.2, 0) is 14.8 Å². The fourth-order valence-electron chi connectivity index (χ4n) is 1.56. The molecule has 6 heteroatoms. The van der Waals surface area contributed by atoms with Crippen LogP contribution in [0.2, 0.25) is 0 Å². The number of carboxylic acid groups (broad SMARTS) is 1. The maximum absolute atomic E-state index is 11.6. The number of nitrogens with one attached hydrogen (secondary N) is 1. The number of hydrogen-bond acceptors (Lipinski definition) is 3. The smallest absolute Gasteiger partial charge is 0.304 e. The molecule has 0 heterocycles. The van der Waals surface area contributed by atoms with E-state index in [2.05, 4.69) is 4.72 Å². The van der Waals surface area contributed by atoms with Crippen molar-refractivity contribution in [3.63, 3.8) is 0 Å². The number of aryl methyl sites for hydroxylation is 1. The maximum Gasteiger partial charge on any atom is 0.304 e. The average molecular weight is 271 g/mol. The number of carboxylic acids is 1. The number of carbonyl (C=O) groups is 1. The molecule has 18 heavy (non-hydrogen) atoms. The summed E-state index contributed by atoms with van der Waals surface area (Å²) in [6.07, 6.45) is -0.393. The minimum absolute atomic E-state index is 0.372. The first kappa shape index (κ1) is 14.7. The molecule has 1 aromatic carbocycles. The van der Waals surface area contributed by atoms with Gasteiger partial charge in [-0.25, -0.2) is 13.1 Å². The zero-order valence-corrected chi connectivity index (χ0v) is 11.2. The number of benzene rings is 1. The molecule has 2 N–H and O–H groups in total. The molecule has 100 valence electrons. The van der Waals surface area contributed by atoms with E-state index in [9.17, 15) is 13.2 Å². The van der Waals surface area contributed by atoms with Crippen LogP contribution < -0.4 is 4.72 Å². The summed E-state index contributed by atoms with van der Waals surface area (Å²) in [6, 6.07) is 7.13. The van der Waals surface area contributed by atoms with Gasteiger partial charge in [0.15, 0.2) is 0 Å². The van der Waals surface area contributed by atoms with Crippen molar-refractivity contribution in [1.82, 2.24) is 4.72 Å². The SMILES string of the molecule is Cc1cccc([C@@H](C)NS(=O)(=O)CCC(=O)O)c1. The van der Waals surface area contributed by atoms with E-state index in [0.717, 1.165) is 11.1 Å². The Balaban J connectivity index is 2.69. The van der Waals surface area contributed by atoms with Crippen LogP contribution in [0.4, 0.5) is 0 Å². The summed E-state index contributed by atoms with van der Waals surface area (Å²) >= 11 is 0. The molecule has 0 unspecified atom stereocenters. The lowest BCUT2D eigenvalue weighted by Crippen LogP contribution is -2.30. The van der Waals surface area contributed by atoms with Gasteiger partial charge in [0.1, 0.15) is 0 Å². The van der Waals surface area contributed by atoms with Gasteiger partial charge in [-0.3, -0.25) is 4.79 Å². The lowest BCUT2D eigenvalue weighted by Gasteiger charge is -2.14. The Kier molecular flexibility index (Phi) is 4.86. The van der Waals surface area contributed by atoms with E-state index >= 15 is 0 Å². The molecule has 5 nitrogen and oxygen atoms in total. The first-order valence-corrected chi connectivity index (χ1v) is 7.24. The molecule has 0 aromatic heterocycles. The highest BCUT2D eigenvalue weighted by Crippen LogP contribution is 2.14. The van der Waals surface area contributed by atoms with Crippen LogP contribution in [0.5, 0.6) is 0 Å². The van der Waals surface area contributed by atoms with Crippen LogP contribution in [0.3, 0.4) is 0 Å². The molecule has 0 fully saturated rings. The van der Waals surface area contributed by atoms with E-state index < -0.39 is 28.2 Å². The van der Waals surface area contributed by atoms with Crippen molar-refractivity contribution >= 4 is 16.0 Å². The first-order valence-electron chi connectivity index (χ1n) is 5.58. The molecule has 0 saturated carbocycles. The lowest BCUT2D eigenvalue weighted by atomic mass is 10.1. The average Bonchev–Trinajstić information content (AvgIpc) is 2.26. The number of aliphatic carboxylic acids is 1. The predicted octanol–water partition coefficient (Wildman–Crippen LogP) is 1.45. The molecule has 0 amide bonds. The second-order valence-corrected chi connectivity index (χ2v) is 6.09. The minimum atomic E-state index is -3.57. The molecule has 0 aliphatic rings. The van der Waals surface area contributed by atoms with Crippen LogP contribution in [0.1, 0.15) is 30.5 Å². The standard InChI is InChI=1S/C12H17NO4S/c1-9-4-3-5-11(8-9)10(2)13-18(16,17)7-6-12(14)15/h3-5,8,10,13H,6-7H2,1-2H3,(H,14,15)/t10-/m1/s1. The molecule has 0 aliphatic heterocycles. The monoisotopic (exact) mass is 271 g/mol. The van der Waals surface area contributed by atoms with Gasteiger partial charge in [-0.05, 0) is 19.4 Å². The molecule has 1 aromatic rings. The largest absolute Gasteiger partial charge is 0.481 e. The summed E-state index contributed by atoms with van der Waals surface area (Å²) < 4.78 is 25.7. The number of rotatable bonds is 6. The van der Waals surface area contributed by atoms with E-state index in [4.69, 9.17) is 5.11 Å². The summed E-state index contributed by atoms with van der Waals surface area (Å²) in [6.45, 7) is 3.65. The Morgan fingerprint density at radius 3 is 2.67 bits per heavy atom. The number of hydrogen-bond donors (Lipinski definition) is 2. The zero-order chi connectivity index (χ0) is 13.8. The Morgan fingerprint density at radius 2 is 2.11 bits per heavy atom. The molecule has 0 radical (unpaired) electrons. The van der Waals surface area contributed by atoms with E-state index in [1.165, 1.54) is 0 Å². The maximum atomic E-state index is 11.6. The lowest BCUT2D eigenvalue weighted by molar-refractivity contribution is -0.136. The Labute approximate surface area is 107 Å². The highest BCUT2D eigenvalue weighted by molar-refractivity contribution is 7.89. The summed E-state index contributed by atoms with van der Waals surface area (Å²) in [7, 11) is -3.57. The first-order chi connectivity index (χ1) is 8.30. The van der Waals surface area contributed by atoms with Crippen LogP contribution in [-0.4, -0.2) is 25.2 Å². The molecule has 1 atom stereocenters. The van der Waals surface area contributed by atoms with Gasteiger partial charge in [-0.1, -0.05) is 29.8 Å². The van der Waals surface area contributed by atoms with Crippen LogP contribution in [0.15, 0.2) is 24.3 Å². The molecule has 0 bridgehead atoms. The molecular weight excluding hydrogens is 254 g/mol. The van der Waals surface area contributed by atoms with E-state index in [1.54, 1.807) is 6.92 Å². The minimum Gasteiger partial charge on any atom is -0.481 e. The molecule has 1 rings (SSSR count). The van der Waals surface area contributed by atoms with Gasteiger partial charge in [0.25, 0.3) is 0 Å². The van der Waals surface area contributed by atoms with Crippen molar-refractivity contribution < 1.29 is 18.3 Å². The van der Waals surface area contributed by atoms with Crippen molar-refractivity contribution in [2.75, 3.05) is 5.75 Å². The van der Waals surface area contributed by atoms with Gasteiger partial charge in [-0.15, -0.1) is 0 Å². The van der Waals surface area contributed by atoms with Crippen molar-refractivity contribution in [3.8, 4) is 0 Å². The molecule has 0 saturated heterocycles. The third kappa shape index (κ3) is 4.85. The molecular formula is C12H17NO4S. The Bertz CT molecular complexity index is 525. The van der Waals surface area contributed by atoms with Crippen molar-refractivity contribution in [2.24, 2.45) is 0 Å². The zero-order valence-electron chi connectivity index (χ0n) is 10.4. The van der Waals surface area contributed by atoms with E-state index in [0.29, 0.717) is 0 Å². The fraction of sp³-hybridized carbons (Fsp3) is 0.417. The normalized spacial score (nSPS) is 13.2. The van der Waals surface area contributed by atoms with Crippen LogP contribution in [0.25, 0.3) is 0 Å². The van der Waals surface area contributed by atoms with Crippen LogP contribution >= 0.6 is 0 Å². The van der Waals surface area contributed by atoms with Gasteiger partial charge in [-0.2, -0.15) is 0 Å². The quantitative estimate of drug-likeness (QED) is 0.820. The van der Waals surface area contributed by atoms with Crippen molar-refractivity contribution in [2.45, 2.75) is 26.3 Å². The topological polar surface area (TPSA) is 83.5 Å². The Hall–Kier alpha value is -1.40. The van der Waals surface area contributed by atoms with Gasteiger partial charge in [0.2, 0.25) is 10.0 Å². The Morgan fingerprint density at radius 1 is 1.44 bits per heavy atom. The van der Waals surface area contributed by atoms with Gasteiger partial charge in [0, 0.05) is 6.04 Å². The van der Waals surface area contributed by atoms with E-state index in [1.807, 2.05) is 31.2 Å². The third-order valence-electron chi connectivity index (χ3n) is 2.48. The predicted molar refractivity (Wildman–Crippen MR) is 68.8 cm³/mol. The third-order valence-corrected chi connectivity index (χ3v) is 3.94. The highest BCUT2D eigenvalue weighted by atomic mass is 32.2.